The predicted molar refractivity (Wildman–Crippen MR) is 98.4 cm³/mol. The van der Waals surface area contributed by atoms with E-state index in [1.165, 1.54) is 0 Å². The predicted octanol–water partition coefficient (Wildman–Crippen LogP) is 3.30. The van der Waals surface area contributed by atoms with Crippen LogP contribution >= 0.6 is 0 Å². The van der Waals surface area contributed by atoms with Crippen molar-refractivity contribution in [3.63, 3.8) is 0 Å². The number of nitrogens with zero attached hydrogens (tertiary/aromatic N) is 4. The topological polar surface area (TPSA) is 60.2 Å². The van der Waals surface area contributed by atoms with E-state index in [9.17, 15) is 10.1 Å². The number of hydrogen-bond acceptors (Lipinski definition) is 4. The Bertz CT molecular complexity index is 706. The van der Waals surface area contributed by atoms with Crippen LogP contribution in [0.5, 0.6) is 0 Å². The van der Waals surface area contributed by atoms with Gasteiger partial charge in [-0.1, -0.05) is 13.8 Å². The smallest absolute Gasteiger partial charge is 0.230 e. The SMILES string of the molecule is CC(C)c1ccc(C#N)c(N2CC[C@@]3(CCCN(C(C)C)C3=O)C2)n1. The number of piperidine rings is 1. The molecule has 1 spiro atoms. The van der Waals surface area contributed by atoms with E-state index >= 15 is 0 Å². The molecule has 1 atom stereocenters. The van der Waals surface area contributed by atoms with E-state index in [0.29, 0.717) is 18.0 Å². The molecule has 1 aromatic rings. The third-order valence-corrected chi connectivity index (χ3v) is 5.65. The fraction of sp³-hybridized carbons (Fsp3) is 0.650. The van der Waals surface area contributed by atoms with Crippen LogP contribution in [0.15, 0.2) is 12.1 Å². The summed E-state index contributed by atoms with van der Waals surface area (Å²) in [4.78, 5) is 22.1. The van der Waals surface area contributed by atoms with E-state index in [2.05, 4.69) is 38.7 Å². The molecule has 0 N–H and O–H groups in total. The first-order chi connectivity index (χ1) is 11.9. The average molecular weight is 340 g/mol. The fourth-order valence-corrected chi connectivity index (χ4v) is 4.14. The number of carbonyl (C=O) groups is 1. The molecule has 5 nitrogen and oxygen atoms in total. The molecule has 1 amide bonds. The first-order valence-electron chi connectivity index (χ1n) is 9.35. The van der Waals surface area contributed by atoms with Crippen molar-refractivity contribution in [2.24, 2.45) is 5.41 Å². The van der Waals surface area contributed by atoms with Gasteiger partial charge in [0.05, 0.1) is 11.0 Å². The Kier molecular flexibility index (Phi) is 4.73. The van der Waals surface area contributed by atoms with Crippen molar-refractivity contribution in [3.8, 4) is 6.07 Å². The van der Waals surface area contributed by atoms with Gasteiger partial charge < -0.3 is 9.80 Å². The zero-order valence-corrected chi connectivity index (χ0v) is 15.7. The van der Waals surface area contributed by atoms with Crippen LogP contribution in [-0.2, 0) is 4.79 Å². The second kappa shape index (κ2) is 6.67. The van der Waals surface area contributed by atoms with E-state index in [4.69, 9.17) is 4.98 Å². The zero-order chi connectivity index (χ0) is 18.2. The molecule has 5 heteroatoms. The number of amides is 1. The molecular weight excluding hydrogens is 312 g/mol. The highest BCUT2D eigenvalue weighted by molar-refractivity contribution is 5.85. The van der Waals surface area contributed by atoms with Crippen molar-refractivity contribution in [2.45, 2.75) is 58.9 Å². The molecule has 1 aromatic heterocycles. The van der Waals surface area contributed by atoms with Gasteiger partial charge in [-0.3, -0.25) is 4.79 Å². The van der Waals surface area contributed by atoms with Crippen molar-refractivity contribution in [1.29, 1.82) is 5.26 Å². The molecule has 25 heavy (non-hydrogen) atoms. The van der Waals surface area contributed by atoms with Crippen molar-refractivity contribution in [1.82, 2.24) is 9.88 Å². The first kappa shape index (κ1) is 17.7. The first-order valence-corrected chi connectivity index (χ1v) is 9.35. The Balaban J connectivity index is 1.89. The van der Waals surface area contributed by atoms with Gasteiger partial charge in [0.25, 0.3) is 0 Å². The summed E-state index contributed by atoms with van der Waals surface area (Å²) in [6.07, 6.45) is 2.85. The van der Waals surface area contributed by atoms with Gasteiger partial charge in [-0.2, -0.15) is 5.26 Å². The normalized spacial score (nSPS) is 23.8. The third-order valence-electron chi connectivity index (χ3n) is 5.65. The quantitative estimate of drug-likeness (QED) is 0.847. The summed E-state index contributed by atoms with van der Waals surface area (Å²) in [5, 5.41) is 9.49. The molecular formula is C20H28N4O. The number of likely N-dealkylation sites (tertiary alicyclic amines) is 1. The van der Waals surface area contributed by atoms with Gasteiger partial charge in [0, 0.05) is 31.4 Å². The molecule has 134 valence electrons. The van der Waals surface area contributed by atoms with Gasteiger partial charge in [0.15, 0.2) is 0 Å². The Labute approximate surface area is 150 Å². The van der Waals surface area contributed by atoms with E-state index in [0.717, 1.165) is 43.9 Å². The molecule has 0 bridgehead atoms. The van der Waals surface area contributed by atoms with Gasteiger partial charge in [0.1, 0.15) is 11.9 Å². The maximum absolute atomic E-state index is 13.1. The van der Waals surface area contributed by atoms with Crippen LogP contribution in [-0.4, -0.2) is 41.5 Å². The zero-order valence-electron chi connectivity index (χ0n) is 15.7. The van der Waals surface area contributed by atoms with E-state index in [1.807, 2.05) is 17.0 Å². The highest BCUT2D eigenvalue weighted by Gasteiger charge is 2.49. The van der Waals surface area contributed by atoms with Crippen molar-refractivity contribution in [2.75, 3.05) is 24.5 Å². The van der Waals surface area contributed by atoms with E-state index < -0.39 is 0 Å². The summed E-state index contributed by atoms with van der Waals surface area (Å²) in [5.41, 5.74) is 1.30. The largest absolute Gasteiger partial charge is 0.354 e. The van der Waals surface area contributed by atoms with Crippen molar-refractivity contribution < 1.29 is 4.79 Å². The van der Waals surface area contributed by atoms with Gasteiger partial charge in [-0.25, -0.2) is 4.98 Å². The second-order valence-corrected chi connectivity index (χ2v) is 8.02. The van der Waals surface area contributed by atoms with Gasteiger partial charge in [-0.05, 0) is 51.2 Å². The van der Waals surface area contributed by atoms with Crippen LogP contribution in [0.1, 0.15) is 64.1 Å². The minimum Gasteiger partial charge on any atom is -0.354 e. The van der Waals surface area contributed by atoms with Crippen molar-refractivity contribution in [3.05, 3.63) is 23.4 Å². The number of anilines is 1. The number of aromatic nitrogens is 1. The molecule has 0 aliphatic carbocycles. The van der Waals surface area contributed by atoms with Crippen LogP contribution in [0.4, 0.5) is 5.82 Å². The molecule has 2 saturated heterocycles. The summed E-state index contributed by atoms with van der Waals surface area (Å²) in [6, 6.07) is 6.32. The fourth-order valence-electron chi connectivity index (χ4n) is 4.14. The molecule has 0 saturated carbocycles. The number of nitriles is 1. The summed E-state index contributed by atoms with van der Waals surface area (Å²) < 4.78 is 0. The average Bonchev–Trinajstić information content (AvgIpc) is 3.01. The highest BCUT2D eigenvalue weighted by Crippen LogP contribution is 2.42. The molecule has 2 fully saturated rings. The van der Waals surface area contributed by atoms with E-state index in [1.54, 1.807) is 0 Å². The molecule has 0 aromatic carbocycles. The minimum atomic E-state index is -0.301. The maximum Gasteiger partial charge on any atom is 0.230 e. The maximum atomic E-state index is 13.1. The number of carbonyl (C=O) groups excluding carboxylic acids is 1. The van der Waals surface area contributed by atoms with Gasteiger partial charge in [0.2, 0.25) is 5.91 Å². The van der Waals surface area contributed by atoms with E-state index in [-0.39, 0.29) is 17.4 Å². The summed E-state index contributed by atoms with van der Waals surface area (Å²) in [6.45, 7) is 10.7. The standard InChI is InChI=1S/C20H28N4O/c1-14(2)17-7-6-16(12-21)18(22-17)23-11-9-20(13-23)8-5-10-24(15(3)4)19(20)25/h6-7,14-15H,5,8-11,13H2,1-4H3/t20-/m0/s1. The summed E-state index contributed by atoms with van der Waals surface area (Å²) >= 11 is 0. The van der Waals surface area contributed by atoms with Crippen LogP contribution in [0.3, 0.4) is 0 Å². The number of pyridine rings is 1. The summed E-state index contributed by atoms with van der Waals surface area (Å²) in [7, 11) is 0. The molecule has 3 rings (SSSR count). The lowest BCUT2D eigenvalue weighted by molar-refractivity contribution is -0.147. The lowest BCUT2D eigenvalue weighted by atomic mass is 9.78. The van der Waals surface area contributed by atoms with Crippen molar-refractivity contribution >= 4 is 11.7 Å². The lowest BCUT2D eigenvalue weighted by Crippen LogP contribution is -2.52. The van der Waals surface area contributed by atoms with Gasteiger partial charge in [-0.15, -0.1) is 0 Å². The highest BCUT2D eigenvalue weighted by atomic mass is 16.2. The Hall–Kier alpha value is -2.09. The van der Waals surface area contributed by atoms with Gasteiger partial charge >= 0.3 is 0 Å². The minimum absolute atomic E-state index is 0.246. The number of hydrogen-bond donors (Lipinski definition) is 0. The molecule has 0 radical (unpaired) electrons. The van der Waals surface area contributed by atoms with Crippen LogP contribution in [0.25, 0.3) is 0 Å². The Morgan fingerprint density at radius 1 is 1.20 bits per heavy atom. The third kappa shape index (κ3) is 3.10. The van der Waals surface area contributed by atoms with Crippen LogP contribution in [0, 0.1) is 16.7 Å². The monoisotopic (exact) mass is 340 g/mol. The molecule has 0 unspecified atom stereocenters. The van der Waals surface area contributed by atoms with Crippen LogP contribution in [0.2, 0.25) is 0 Å². The Morgan fingerprint density at radius 3 is 2.60 bits per heavy atom. The number of rotatable bonds is 3. The molecule has 2 aliphatic rings. The van der Waals surface area contributed by atoms with Crippen LogP contribution < -0.4 is 4.90 Å². The molecule has 2 aliphatic heterocycles. The second-order valence-electron chi connectivity index (χ2n) is 8.02. The molecule has 3 heterocycles. The lowest BCUT2D eigenvalue weighted by Gasteiger charge is -2.41. The summed E-state index contributed by atoms with van der Waals surface area (Å²) in [5.74, 6) is 1.35. The Morgan fingerprint density at radius 2 is 1.96 bits per heavy atom.